The van der Waals surface area contributed by atoms with E-state index in [0.29, 0.717) is 42.7 Å². The van der Waals surface area contributed by atoms with Crippen molar-refractivity contribution in [3.8, 4) is 0 Å². The molecule has 1 fully saturated rings. The summed E-state index contributed by atoms with van der Waals surface area (Å²) in [5.41, 5.74) is 11.3. The molecular weight excluding hydrogens is 468 g/mol. The number of fused-ring (bicyclic) bond motifs is 1. The number of rotatable bonds is 10. The summed E-state index contributed by atoms with van der Waals surface area (Å²) in [6.45, 7) is 11.6. The minimum Gasteiger partial charge on any atom is -0.382 e. The molecule has 3 heterocycles. The zero-order chi connectivity index (χ0) is 26.5. The second kappa shape index (κ2) is 11.8. The number of carbonyl (C=O) groups excluding carboxylic acids is 2. The molecule has 0 saturated carbocycles. The first-order valence-electron chi connectivity index (χ1n) is 13.1. The van der Waals surface area contributed by atoms with E-state index in [1.807, 2.05) is 19.9 Å². The molecule has 1 aliphatic heterocycles. The van der Waals surface area contributed by atoms with E-state index >= 15 is 0 Å². The van der Waals surface area contributed by atoms with Gasteiger partial charge in [-0.05, 0) is 83.7 Å². The summed E-state index contributed by atoms with van der Waals surface area (Å²) in [5.74, 6) is 1.86. The van der Waals surface area contributed by atoms with Crippen molar-refractivity contribution in [2.24, 2.45) is 5.92 Å². The molecule has 4 rings (SSSR count). The van der Waals surface area contributed by atoms with Crippen molar-refractivity contribution in [3.63, 3.8) is 0 Å². The van der Waals surface area contributed by atoms with Gasteiger partial charge in [-0.1, -0.05) is 12.1 Å². The monoisotopic (exact) mass is 506 g/mol. The molecule has 198 valence electrons. The first kappa shape index (κ1) is 26.8. The van der Waals surface area contributed by atoms with Crippen LogP contribution in [0.1, 0.15) is 60.5 Å². The van der Waals surface area contributed by atoms with E-state index in [2.05, 4.69) is 26.7 Å². The number of ether oxygens (including phenoxy) is 1. The van der Waals surface area contributed by atoms with Gasteiger partial charge in [-0.2, -0.15) is 0 Å². The molecule has 9 heteroatoms. The molecule has 2 aromatic heterocycles. The van der Waals surface area contributed by atoms with Crippen LogP contribution < -0.4 is 11.1 Å². The fourth-order valence-electron chi connectivity index (χ4n) is 5.06. The van der Waals surface area contributed by atoms with Crippen molar-refractivity contribution in [3.05, 3.63) is 46.9 Å². The number of hydrogen-bond acceptors (Lipinski definition) is 7. The lowest BCUT2D eigenvalue weighted by Gasteiger charge is -2.31. The van der Waals surface area contributed by atoms with Crippen LogP contribution in [0.4, 0.5) is 11.5 Å². The molecule has 3 aromatic rings. The number of nitrogen functional groups attached to an aromatic ring is 1. The van der Waals surface area contributed by atoms with Gasteiger partial charge < -0.3 is 20.4 Å². The van der Waals surface area contributed by atoms with Crippen molar-refractivity contribution in [1.29, 1.82) is 0 Å². The number of aryl methyl sites for hydroxylation is 3. The highest BCUT2D eigenvalue weighted by Crippen LogP contribution is 2.28. The van der Waals surface area contributed by atoms with Gasteiger partial charge in [-0.3, -0.25) is 14.5 Å². The van der Waals surface area contributed by atoms with Crippen LogP contribution in [-0.2, 0) is 22.7 Å². The number of likely N-dealkylation sites (tertiary alicyclic amines) is 1. The van der Waals surface area contributed by atoms with Crippen molar-refractivity contribution in [2.45, 2.75) is 60.1 Å². The predicted molar refractivity (Wildman–Crippen MR) is 146 cm³/mol. The normalized spacial score (nSPS) is 14.8. The maximum atomic E-state index is 12.6. The van der Waals surface area contributed by atoms with Crippen LogP contribution in [0, 0.1) is 19.8 Å². The average Bonchev–Trinajstić information content (AvgIpc) is 3.24. The smallest absolute Gasteiger partial charge is 0.238 e. The molecule has 0 spiro atoms. The van der Waals surface area contributed by atoms with Gasteiger partial charge in [0.2, 0.25) is 5.91 Å². The SMILES string of the molecule is CCOCc1nc2c(N)nc(C)c(C)c2n1CCC1CCN(CC(=O)Nc2cccc(C(C)=O)c2)CC1. The Morgan fingerprint density at radius 3 is 2.65 bits per heavy atom. The summed E-state index contributed by atoms with van der Waals surface area (Å²) in [5, 5.41) is 2.92. The van der Waals surface area contributed by atoms with Crippen LogP contribution in [0.25, 0.3) is 11.0 Å². The maximum Gasteiger partial charge on any atom is 0.238 e. The number of aromatic nitrogens is 3. The second-order valence-electron chi connectivity index (χ2n) is 9.91. The molecule has 3 N–H and O–H groups in total. The molecule has 0 aliphatic carbocycles. The molecule has 0 bridgehead atoms. The highest BCUT2D eigenvalue weighted by molar-refractivity contribution is 5.97. The van der Waals surface area contributed by atoms with Crippen molar-refractivity contribution in [1.82, 2.24) is 19.4 Å². The van der Waals surface area contributed by atoms with Crippen molar-refractivity contribution in [2.75, 3.05) is 37.3 Å². The number of Topliss-reactive ketones (excluding diaryl/α,β-unsaturated/α-hetero) is 1. The van der Waals surface area contributed by atoms with Gasteiger partial charge in [0.15, 0.2) is 11.6 Å². The van der Waals surface area contributed by atoms with Crippen LogP contribution in [0.3, 0.4) is 0 Å². The number of pyridine rings is 1. The Kier molecular flexibility index (Phi) is 8.56. The maximum absolute atomic E-state index is 12.6. The zero-order valence-electron chi connectivity index (χ0n) is 22.3. The van der Waals surface area contributed by atoms with Crippen LogP contribution >= 0.6 is 0 Å². The second-order valence-corrected chi connectivity index (χ2v) is 9.91. The van der Waals surface area contributed by atoms with Crippen LogP contribution in [0.2, 0.25) is 0 Å². The van der Waals surface area contributed by atoms with Gasteiger partial charge in [0.05, 0.1) is 12.1 Å². The summed E-state index contributed by atoms with van der Waals surface area (Å²) in [6.07, 6.45) is 3.12. The van der Waals surface area contributed by atoms with Gasteiger partial charge in [-0.25, -0.2) is 9.97 Å². The standard InChI is InChI=1S/C28H38N6O3/c1-5-37-17-24-32-26-27(18(2)19(3)30-28(26)29)34(24)14-11-21-9-12-33(13-10-21)16-25(36)31-23-8-6-7-22(15-23)20(4)35/h6-8,15,21H,5,9-14,16-17H2,1-4H3,(H2,29,30)(H,31,36). The Hall–Kier alpha value is -3.30. The third kappa shape index (κ3) is 6.34. The third-order valence-electron chi connectivity index (χ3n) is 7.30. The number of carbonyl (C=O) groups is 2. The lowest BCUT2D eigenvalue weighted by molar-refractivity contribution is -0.117. The Morgan fingerprint density at radius 2 is 1.95 bits per heavy atom. The highest BCUT2D eigenvalue weighted by atomic mass is 16.5. The Labute approximate surface area is 218 Å². The van der Waals surface area contributed by atoms with E-state index in [-0.39, 0.29) is 11.7 Å². The van der Waals surface area contributed by atoms with Crippen LogP contribution in [0.5, 0.6) is 0 Å². The van der Waals surface area contributed by atoms with E-state index in [1.54, 1.807) is 18.2 Å². The molecule has 1 saturated heterocycles. The van der Waals surface area contributed by atoms with Gasteiger partial charge >= 0.3 is 0 Å². The average molecular weight is 507 g/mol. The molecule has 1 aromatic carbocycles. The topological polar surface area (TPSA) is 115 Å². The number of benzene rings is 1. The molecule has 1 amide bonds. The highest BCUT2D eigenvalue weighted by Gasteiger charge is 2.23. The fourth-order valence-corrected chi connectivity index (χ4v) is 5.06. The summed E-state index contributed by atoms with van der Waals surface area (Å²) >= 11 is 0. The first-order valence-corrected chi connectivity index (χ1v) is 13.1. The number of amides is 1. The number of anilines is 2. The molecule has 0 unspecified atom stereocenters. The molecule has 9 nitrogen and oxygen atoms in total. The predicted octanol–water partition coefficient (Wildman–Crippen LogP) is 4.11. The van der Waals surface area contributed by atoms with Gasteiger partial charge in [0.25, 0.3) is 0 Å². The van der Waals surface area contributed by atoms with Crippen molar-refractivity contribution >= 4 is 34.2 Å². The zero-order valence-corrected chi connectivity index (χ0v) is 22.3. The number of hydrogen-bond donors (Lipinski definition) is 2. The number of nitrogens with two attached hydrogens (primary N) is 1. The summed E-state index contributed by atoms with van der Waals surface area (Å²) < 4.78 is 7.96. The molecule has 1 aliphatic rings. The quantitative estimate of drug-likeness (QED) is 0.398. The summed E-state index contributed by atoms with van der Waals surface area (Å²) in [7, 11) is 0. The van der Waals surface area contributed by atoms with E-state index in [1.165, 1.54) is 6.92 Å². The summed E-state index contributed by atoms with van der Waals surface area (Å²) in [4.78, 5) is 35.6. The first-order chi connectivity index (χ1) is 17.8. The Morgan fingerprint density at radius 1 is 1.19 bits per heavy atom. The number of imidazole rings is 1. The van der Waals surface area contributed by atoms with Gasteiger partial charge in [0.1, 0.15) is 17.9 Å². The van der Waals surface area contributed by atoms with Crippen LogP contribution in [0.15, 0.2) is 24.3 Å². The lowest BCUT2D eigenvalue weighted by atomic mass is 9.93. The van der Waals surface area contributed by atoms with Gasteiger partial charge in [-0.15, -0.1) is 0 Å². The van der Waals surface area contributed by atoms with Gasteiger partial charge in [0, 0.05) is 30.1 Å². The number of piperidine rings is 1. The van der Waals surface area contributed by atoms with E-state index < -0.39 is 0 Å². The summed E-state index contributed by atoms with van der Waals surface area (Å²) in [6, 6.07) is 7.07. The van der Waals surface area contributed by atoms with E-state index in [9.17, 15) is 9.59 Å². The largest absolute Gasteiger partial charge is 0.382 e. The number of ketones is 1. The Balaban J connectivity index is 1.34. The molecule has 37 heavy (non-hydrogen) atoms. The van der Waals surface area contributed by atoms with E-state index in [0.717, 1.165) is 67.0 Å². The lowest BCUT2D eigenvalue weighted by Crippen LogP contribution is -2.39. The molecule has 0 radical (unpaired) electrons. The van der Waals surface area contributed by atoms with Crippen LogP contribution in [-0.4, -0.2) is 57.4 Å². The Bertz CT molecular complexity index is 1280. The number of nitrogens with one attached hydrogen (secondary N) is 1. The minimum atomic E-state index is -0.0540. The minimum absolute atomic E-state index is 0.0164. The molecular formula is C28H38N6O3. The number of nitrogens with zero attached hydrogens (tertiary/aromatic N) is 4. The van der Waals surface area contributed by atoms with Crippen molar-refractivity contribution < 1.29 is 14.3 Å². The third-order valence-corrected chi connectivity index (χ3v) is 7.30. The fraction of sp³-hybridized carbons (Fsp3) is 0.500. The van der Waals surface area contributed by atoms with E-state index in [4.69, 9.17) is 15.5 Å². The molecule has 0 atom stereocenters.